The van der Waals surface area contributed by atoms with Crippen LogP contribution in [-0.2, 0) is 30.9 Å². The number of aromatic nitrogens is 2. The molecule has 2 heterocycles. The number of methoxy groups -OCH3 is 1. The van der Waals surface area contributed by atoms with Gasteiger partial charge < -0.3 is 21.9 Å². The Hall–Kier alpha value is -2.68. The Morgan fingerprint density at radius 3 is 1.25 bits per heavy atom. The molecule has 0 saturated carbocycles. The summed E-state index contributed by atoms with van der Waals surface area (Å²) in [4.78, 5) is 51.2. The lowest BCUT2D eigenvalue weighted by atomic mass is 10.2. The molecule has 3 aromatic rings. The largest absolute Gasteiger partial charge is 0.469 e. The number of carbonyl (C=O) groups excluding carboxylic acids is 4. The lowest BCUT2D eigenvalue weighted by Gasteiger charge is -2.02. The monoisotopic (exact) mass is 863 g/mol. The van der Waals surface area contributed by atoms with Crippen molar-refractivity contribution >= 4 is 87.4 Å². The maximum atomic E-state index is 10.9. The first-order valence-electron chi connectivity index (χ1n) is 13.2. The smallest absolute Gasteiger partial charge is 0.305 e. The number of hydrogen-bond acceptors (Lipinski definition) is 7. The number of amides is 3. The van der Waals surface area contributed by atoms with E-state index in [0.29, 0.717) is 44.4 Å². The Morgan fingerprint density at radius 2 is 1.00 bits per heavy atom. The van der Waals surface area contributed by atoms with Gasteiger partial charge in [-0.05, 0) is 42.8 Å². The number of halogens is 4. The van der Waals surface area contributed by atoms with Crippen molar-refractivity contribution in [3.05, 3.63) is 94.1 Å². The predicted octanol–water partition coefficient (Wildman–Crippen LogP) is 6.47. The van der Waals surface area contributed by atoms with Crippen molar-refractivity contribution in [1.29, 1.82) is 0 Å². The van der Waals surface area contributed by atoms with Crippen LogP contribution in [0, 0.1) is 0 Å². The van der Waals surface area contributed by atoms with Gasteiger partial charge in [-0.2, -0.15) is 0 Å². The van der Waals surface area contributed by atoms with E-state index < -0.39 is 11.8 Å². The molecule has 0 atom stereocenters. The van der Waals surface area contributed by atoms with Gasteiger partial charge in [0, 0.05) is 44.4 Å². The number of esters is 1. The van der Waals surface area contributed by atoms with Gasteiger partial charge in [0.1, 0.15) is 0 Å². The Bertz CT molecular complexity index is 1220. The van der Waals surface area contributed by atoms with E-state index >= 15 is 0 Å². The molecule has 0 aliphatic heterocycles. The quantitative estimate of drug-likeness (QED) is 0.112. The summed E-state index contributed by atoms with van der Waals surface area (Å²) < 4.78 is 4.46. The number of nitrogens with two attached hydrogens (primary N) is 3. The summed E-state index contributed by atoms with van der Waals surface area (Å²) in [5.74, 6) is -1.32. The highest BCUT2D eigenvalue weighted by atomic mass is 79.9. The SMILES string of the molecule is CCCCCC(=O)OC.NC(=O)c1cc(CBr)nc(CBr)c1.NC(=O)c1cc(CBr)nc(CBr)c1.NC(=O)c1ccccc1. The summed E-state index contributed by atoms with van der Waals surface area (Å²) in [5, 5.41) is 2.48. The van der Waals surface area contributed by atoms with Gasteiger partial charge in [-0.15, -0.1) is 0 Å². The molecule has 3 amide bonds. The van der Waals surface area contributed by atoms with Crippen LogP contribution in [0.4, 0.5) is 0 Å². The first-order chi connectivity index (χ1) is 20.9. The van der Waals surface area contributed by atoms with Gasteiger partial charge in [0.25, 0.3) is 0 Å². The standard InChI is InChI=1S/2C8H8Br2N2O.C7H7NO.C7H14O2/c2*9-3-6-1-5(8(11)13)2-7(4-10)12-6;8-7(9)6-4-2-1-3-5-6;1-3-4-5-6-7(8)9-2/h2*1-2H,3-4H2,(H2,11,13);1-5H,(H2,8,9);3-6H2,1-2H3. The van der Waals surface area contributed by atoms with Crippen LogP contribution in [0.3, 0.4) is 0 Å². The zero-order chi connectivity index (χ0) is 33.5. The molecule has 44 heavy (non-hydrogen) atoms. The molecule has 1 aromatic carbocycles. The van der Waals surface area contributed by atoms with Gasteiger partial charge in [-0.25, -0.2) is 0 Å². The number of rotatable bonds is 11. The van der Waals surface area contributed by atoms with Gasteiger partial charge in [0.05, 0.1) is 29.9 Å². The van der Waals surface area contributed by atoms with Crippen molar-refractivity contribution < 1.29 is 23.9 Å². The highest BCUT2D eigenvalue weighted by molar-refractivity contribution is 9.09. The first-order valence-corrected chi connectivity index (χ1v) is 17.7. The normalized spacial score (nSPS) is 9.59. The fourth-order valence-corrected chi connectivity index (χ4v) is 4.23. The second-order valence-electron chi connectivity index (χ2n) is 8.70. The first kappa shape index (κ1) is 41.3. The Kier molecular flexibility index (Phi) is 23.1. The number of alkyl halides is 4. The van der Waals surface area contributed by atoms with Crippen molar-refractivity contribution in [2.45, 2.75) is 53.9 Å². The van der Waals surface area contributed by atoms with E-state index in [-0.39, 0.29) is 11.9 Å². The van der Waals surface area contributed by atoms with Gasteiger partial charge >= 0.3 is 5.97 Å². The zero-order valence-corrected chi connectivity index (χ0v) is 30.9. The van der Waals surface area contributed by atoms with Gasteiger partial charge in [-0.3, -0.25) is 29.1 Å². The number of primary amides is 3. The van der Waals surface area contributed by atoms with Crippen LogP contribution >= 0.6 is 63.7 Å². The van der Waals surface area contributed by atoms with E-state index in [1.54, 1.807) is 48.5 Å². The van der Waals surface area contributed by atoms with Crippen LogP contribution in [0.2, 0.25) is 0 Å². The summed E-state index contributed by atoms with van der Waals surface area (Å²) in [6.45, 7) is 2.11. The summed E-state index contributed by atoms with van der Waals surface area (Å²) in [7, 11) is 1.42. The number of nitrogens with zero attached hydrogens (tertiary/aromatic N) is 2. The summed E-state index contributed by atoms with van der Waals surface area (Å²) >= 11 is 13.1. The summed E-state index contributed by atoms with van der Waals surface area (Å²) in [6, 6.07) is 15.5. The number of carbonyl (C=O) groups is 4. The fourth-order valence-electron chi connectivity index (χ4n) is 3.08. The molecule has 0 bridgehead atoms. The molecule has 0 saturated heterocycles. The average molecular weight is 867 g/mol. The summed E-state index contributed by atoms with van der Waals surface area (Å²) in [5.41, 5.74) is 20.1. The Labute approximate surface area is 291 Å². The number of unbranched alkanes of at least 4 members (excludes halogenated alkanes) is 2. The van der Waals surface area contributed by atoms with Crippen LogP contribution in [0.5, 0.6) is 0 Å². The second-order valence-corrected chi connectivity index (χ2v) is 10.9. The number of ether oxygens (including phenoxy) is 1. The lowest BCUT2D eigenvalue weighted by molar-refractivity contribution is -0.140. The predicted molar refractivity (Wildman–Crippen MR) is 187 cm³/mol. The van der Waals surface area contributed by atoms with Crippen molar-refractivity contribution in [1.82, 2.24) is 9.97 Å². The van der Waals surface area contributed by atoms with Crippen LogP contribution < -0.4 is 17.2 Å². The molecule has 0 aliphatic carbocycles. The van der Waals surface area contributed by atoms with E-state index in [1.165, 1.54) is 7.11 Å². The molecule has 240 valence electrons. The van der Waals surface area contributed by atoms with E-state index in [1.807, 2.05) is 6.07 Å². The van der Waals surface area contributed by atoms with Gasteiger partial charge in [0.15, 0.2) is 0 Å². The molecular weight excluding hydrogens is 830 g/mol. The molecule has 6 N–H and O–H groups in total. The molecule has 14 heteroatoms. The number of pyridine rings is 2. The molecule has 0 spiro atoms. The maximum absolute atomic E-state index is 10.9. The molecule has 10 nitrogen and oxygen atoms in total. The van der Waals surface area contributed by atoms with Crippen LogP contribution in [-0.4, -0.2) is 40.8 Å². The van der Waals surface area contributed by atoms with Crippen LogP contribution in [0.25, 0.3) is 0 Å². The molecule has 3 rings (SSSR count). The fraction of sp³-hybridized carbons (Fsp3) is 0.333. The number of benzene rings is 1. The van der Waals surface area contributed by atoms with E-state index in [2.05, 4.69) is 85.3 Å². The van der Waals surface area contributed by atoms with E-state index in [4.69, 9.17) is 17.2 Å². The molecule has 0 aliphatic rings. The van der Waals surface area contributed by atoms with E-state index in [0.717, 1.165) is 42.0 Å². The zero-order valence-electron chi connectivity index (χ0n) is 24.5. The molecule has 0 fully saturated rings. The third kappa shape index (κ3) is 18.2. The molecular formula is C30H37Br4N5O5. The Balaban J connectivity index is 0.000000570. The lowest BCUT2D eigenvalue weighted by Crippen LogP contribution is -2.12. The third-order valence-corrected chi connectivity index (χ3v) is 7.55. The minimum atomic E-state index is -0.424. The second kappa shape index (κ2) is 24.6. The van der Waals surface area contributed by atoms with Gasteiger partial charge in [0.2, 0.25) is 17.7 Å². The van der Waals surface area contributed by atoms with Crippen molar-refractivity contribution in [2.24, 2.45) is 17.2 Å². The van der Waals surface area contributed by atoms with Crippen molar-refractivity contribution in [3.63, 3.8) is 0 Å². The van der Waals surface area contributed by atoms with Crippen LogP contribution in [0.1, 0.15) is 86.5 Å². The minimum absolute atomic E-state index is 0.0940. The number of hydrogen-bond donors (Lipinski definition) is 3. The highest BCUT2D eigenvalue weighted by Crippen LogP contribution is 2.12. The minimum Gasteiger partial charge on any atom is -0.469 e. The Morgan fingerprint density at radius 1 is 0.636 bits per heavy atom. The highest BCUT2D eigenvalue weighted by Gasteiger charge is 2.06. The van der Waals surface area contributed by atoms with Crippen LogP contribution in [0.15, 0.2) is 54.6 Å². The van der Waals surface area contributed by atoms with Crippen molar-refractivity contribution in [3.8, 4) is 0 Å². The third-order valence-electron chi connectivity index (χ3n) is 5.25. The molecule has 0 radical (unpaired) electrons. The maximum Gasteiger partial charge on any atom is 0.305 e. The van der Waals surface area contributed by atoms with Crippen molar-refractivity contribution in [2.75, 3.05) is 7.11 Å². The van der Waals surface area contributed by atoms with Gasteiger partial charge in [-0.1, -0.05) is 102 Å². The van der Waals surface area contributed by atoms with E-state index in [9.17, 15) is 19.2 Å². The molecule has 2 aromatic heterocycles. The summed E-state index contributed by atoms with van der Waals surface area (Å²) in [6.07, 6.45) is 3.81. The average Bonchev–Trinajstić information content (AvgIpc) is 3.05. The topological polar surface area (TPSA) is 181 Å². The molecule has 0 unspecified atom stereocenters.